The smallest absolute Gasteiger partial charge is 0.336 e. The maximum atomic E-state index is 13.2. The van der Waals surface area contributed by atoms with Crippen LogP contribution in [0.25, 0.3) is 0 Å². The zero-order chi connectivity index (χ0) is 27.1. The first kappa shape index (κ1) is 28.1. The molecule has 1 unspecified atom stereocenters. The van der Waals surface area contributed by atoms with Gasteiger partial charge in [0.25, 0.3) is 0 Å². The summed E-state index contributed by atoms with van der Waals surface area (Å²) in [6.07, 6.45) is 0. The van der Waals surface area contributed by atoms with E-state index in [0.717, 1.165) is 0 Å². The topological polar surface area (TPSA) is 144 Å². The quantitative estimate of drug-likeness (QED) is 0.341. The molecule has 0 fully saturated rings. The Morgan fingerprint density at radius 1 is 1.08 bits per heavy atom. The van der Waals surface area contributed by atoms with Crippen LogP contribution in [-0.4, -0.2) is 65.5 Å². The summed E-state index contributed by atoms with van der Waals surface area (Å²) >= 11 is 12.8. The van der Waals surface area contributed by atoms with E-state index in [1.54, 1.807) is 32.0 Å². The van der Waals surface area contributed by atoms with Gasteiger partial charge in [-0.25, -0.2) is 14.3 Å². The molecule has 198 valence electrons. The van der Waals surface area contributed by atoms with E-state index in [-0.39, 0.29) is 53.4 Å². The summed E-state index contributed by atoms with van der Waals surface area (Å²) in [7, 11) is 2.49. The molecule has 1 aliphatic rings. The number of carbonyl (C=O) groups excluding carboxylic acids is 3. The predicted octanol–water partition coefficient (Wildman–Crippen LogP) is 2.32. The molecule has 1 aliphatic heterocycles. The number of dihydropyridines is 1. The molecule has 3 rings (SSSR count). The Balaban J connectivity index is 2.02. The van der Waals surface area contributed by atoms with Crippen molar-refractivity contribution in [3.63, 3.8) is 0 Å². The first-order valence-corrected chi connectivity index (χ1v) is 11.8. The Bertz CT molecular complexity index is 1260. The third-order valence-electron chi connectivity index (χ3n) is 5.43. The van der Waals surface area contributed by atoms with E-state index in [9.17, 15) is 14.4 Å². The number of carbonyl (C=O) groups is 3. The second-order valence-corrected chi connectivity index (χ2v) is 8.45. The van der Waals surface area contributed by atoms with Gasteiger partial charge in [-0.15, -0.1) is 5.10 Å². The molecule has 2 heterocycles. The second-order valence-electron chi connectivity index (χ2n) is 7.67. The van der Waals surface area contributed by atoms with Crippen LogP contribution in [0.3, 0.4) is 0 Å². The molecule has 12 nitrogen and oxygen atoms in total. The van der Waals surface area contributed by atoms with Gasteiger partial charge in [-0.3, -0.25) is 4.79 Å². The van der Waals surface area contributed by atoms with Gasteiger partial charge < -0.3 is 24.3 Å². The van der Waals surface area contributed by atoms with Gasteiger partial charge in [-0.1, -0.05) is 35.3 Å². The molecule has 2 aromatic rings. The number of methoxy groups -OCH3 is 2. The van der Waals surface area contributed by atoms with Crippen LogP contribution >= 0.6 is 23.2 Å². The van der Waals surface area contributed by atoms with Gasteiger partial charge in [0.15, 0.2) is 5.82 Å². The Morgan fingerprint density at radius 3 is 2.51 bits per heavy atom. The molecule has 14 heteroatoms. The molecule has 0 saturated carbocycles. The number of nitrogens with zero attached hydrogens (tertiary/aromatic N) is 4. The highest BCUT2D eigenvalue weighted by Gasteiger charge is 2.40. The van der Waals surface area contributed by atoms with Gasteiger partial charge in [0.1, 0.15) is 13.2 Å². The highest BCUT2D eigenvalue weighted by Crippen LogP contribution is 2.43. The molecule has 0 radical (unpaired) electrons. The second kappa shape index (κ2) is 12.7. The Morgan fingerprint density at radius 2 is 1.84 bits per heavy atom. The number of esters is 3. The molecule has 1 aromatic heterocycles. The lowest BCUT2D eigenvalue weighted by Gasteiger charge is -2.31. The monoisotopic (exact) mass is 553 g/mol. The van der Waals surface area contributed by atoms with Crippen molar-refractivity contribution in [2.24, 2.45) is 0 Å². The van der Waals surface area contributed by atoms with Crippen molar-refractivity contribution in [3.8, 4) is 0 Å². The summed E-state index contributed by atoms with van der Waals surface area (Å²) < 4.78 is 22.0. The number of nitrogens with one attached hydrogen (secondary N) is 1. The van der Waals surface area contributed by atoms with E-state index in [2.05, 4.69) is 25.6 Å². The zero-order valence-corrected chi connectivity index (χ0v) is 22.1. The van der Waals surface area contributed by atoms with Crippen molar-refractivity contribution in [2.45, 2.75) is 32.9 Å². The minimum absolute atomic E-state index is 0.0883. The van der Waals surface area contributed by atoms with E-state index in [4.69, 9.17) is 37.4 Å². The molecule has 37 heavy (non-hydrogen) atoms. The van der Waals surface area contributed by atoms with Crippen LogP contribution in [0.4, 0.5) is 0 Å². The molecular weight excluding hydrogens is 529 g/mol. The summed E-state index contributed by atoms with van der Waals surface area (Å²) in [4.78, 5) is 37.7. The SMILES string of the molecule is CCOC(=O)C1=C(COCc2nnnn2CC(=O)OC)NC(C)=C(C(=O)OC)C1c1cccc(Cl)c1Cl. The first-order valence-electron chi connectivity index (χ1n) is 11.0. The number of rotatable bonds is 10. The third-order valence-corrected chi connectivity index (χ3v) is 6.26. The minimum atomic E-state index is -0.956. The summed E-state index contributed by atoms with van der Waals surface area (Å²) in [6, 6.07) is 4.92. The Hall–Kier alpha value is -3.48. The van der Waals surface area contributed by atoms with E-state index in [0.29, 0.717) is 17.0 Å². The molecule has 0 bridgehead atoms. The number of aromatic nitrogens is 4. The lowest BCUT2D eigenvalue weighted by molar-refractivity contribution is -0.142. The van der Waals surface area contributed by atoms with Gasteiger partial charge in [-0.05, 0) is 35.9 Å². The summed E-state index contributed by atoms with van der Waals surface area (Å²) in [5, 5.41) is 14.6. The number of halogens is 2. The molecular formula is C23H25Cl2N5O7. The van der Waals surface area contributed by atoms with Gasteiger partial charge in [0.05, 0.1) is 60.2 Å². The van der Waals surface area contributed by atoms with Crippen molar-refractivity contribution < 1.29 is 33.3 Å². The van der Waals surface area contributed by atoms with Crippen molar-refractivity contribution >= 4 is 41.1 Å². The maximum Gasteiger partial charge on any atom is 0.336 e. The average molecular weight is 554 g/mol. The summed E-state index contributed by atoms with van der Waals surface area (Å²) in [6.45, 7) is 2.99. The van der Waals surface area contributed by atoms with Gasteiger partial charge in [-0.2, -0.15) is 0 Å². The van der Waals surface area contributed by atoms with Crippen molar-refractivity contribution in [1.82, 2.24) is 25.5 Å². The molecule has 1 aromatic carbocycles. The number of hydrogen-bond donors (Lipinski definition) is 1. The van der Waals surface area contributed by atoms with Crippen molar-refractivity contribution in [2.75, 3.05) is 27.4 Å². The van der Waals surface area contributed by atoms with Crippen LogP contribution in [0, 0.1) is 0 Å². The number of allylic oxidation sites excluding steroid dienone is 1. The van der Waals surface area contributed by atoms with E-state index < -0.39 is 23.8 Å². The lowest BCUT2D eigenvalue weighted by atomic mass is 9.80. The normalized spacial score (nSPS) is 15.4. The fourth-order valence-electron chi connectivity index (χ4n) is 3.78. The van der Waals surface area contributed by atoms with Crippen LogP contribution in [0.2, 0.25) is 10.0 Å². The largest absolute Gasteiger partial charge is 0.468 e. The van der Waals surface area contributed by atoms with Gasteiger partial charge in [0.2, 0.25) is 0 Å². The number of tetrazole rings is 1. The fourth-order valence-corrected chi connectivity index (χ4v) is 4.19. The number of ether oxygens (including phenoxy) is 4. The van der Waals surface area contributed by atoms with Gasteiger partial charge >= 0.3 is 17.9 Å². The predicted molar refractivity (Wildman–Crippen MR) is 130 cm³/mol. The molecule has 0 spiro atoms. The molecule has 0 amide bonds. The Labute approximate surface area is 222 Å². The first-order chi connectivity index (χ1) is 17.7. The van der Waals surface area contributed by atoms with Gasteiger partial charge in [0, 0.05) is 5.70 Å². The van der Waals surface area contributed by atoms with E-state index >= 15 is 0 Å². The third kappa shape index (κ3) is 6.27. The summed E-state index contributed by atoms with van der Waals surface area (Å²) in [5.41, 5.74) is 1.44. The fraction of sp³-hybridized carbons (Fsp3) is 0.391. The van der Waals surface area contributed by atoms with Crippen LogP contribution in [0.15, 0.2) is 40.7 Å². The lowest BCUT2D eigenvalue weighted by Crippen LogP contribution is -2.35. The Kier molecular flexibility index (Phi) is 9.61. The van der Waals surface area contributed by atoms with Crippen LogP contribution in [0.1, 0.15) is 31.2 Å². The standard InChI is InChI=1S/C23H25Cl2N5O7/c1-5-37-23(33)20-15(10-36-11-16-27-28-29-30(16)9-17(31)34-3)26-12(2)18(22(32)35-4)19(20)13-7-6-8-14(24)21(13)25/h6-8,19,26H,5,9-11H2,1-4H3. The number of benzene rings is 1. The maximum absolute atomic E-state index is 13.2. The van der Waals surface area contributed by atoms with Crippen LogP contribution in [0.5, 0.6) is 0 Å². The zero-order valence-electron chi connectivity index (χ0n) is 20.5. The van der Waals surface area contributed by atoms with Crippen molar-refractivity contribution in [3.05, 3.63) is 62.2 Å². The van der Waals surface area contributed by atoms with Crippen molar-refractivity contribution in [1.29, 1.82) is 0 Å². The number of hydrogen-bond acceptors (Lipinski definition) is 11. The molecule has 1 atom stereocenters. The summed E-state index contributed by atoms with van der Waals surface area (Å²) in [5.74, 6) is -2.57. The minimum Gasteiger partial charge on any atom is -0.468 e. The van der Waals surface area contributed by atoms with Crippen LogP contribution < -0.4 is 5.32 Å². The van der Waals surface area contributed by atoms with E-state index in [1.165, 1.54) is 18.9 Å². The highest BCUT2D eigenvalue weighted by molar-refractivity contribution is 6.42. The highest BCUT2D eigenvalue weighted by atomic mass is 35.5. The molecule has 0 saturated heterocycles. The molecule has 0 aliphatic carbocycles. The van der Waals surface area contributed by atoms with Crippen LogP contribution in [-0.2, 0) is 46.5 Å². The molecule has 1 N–H and O–H groups in total. The van der Waals surface area contributed by atoms with E-state index in [1.807, 2.05) is 0 Å². The average Bonchev–Trinajstić information content (AvgIpc) is 3.31.